The molecule has 0 aliphatic heterocycles. The second-order valence-electron chi connectivity index (χ2n) is 5.79. The number of carbonyl (C=O) groups is 1. The number of amides is 1. The number of hydrogen-bond acceptors (Lipinski definition) is 5. The first-order valence-electron chi connectivity index (χ1n) is 7.95. The van der Waals surface area contributed by atoms with Gasteiger partial charge in [-0.05, 0) is 11.5 Å². The minimum atomic E-state index is -0.0103. The lowest BCUT2D eigenvalue weighted by atomic mass is 9.96. The number of benzene rings is 1. The third-order valence-electron chi connectivity index (χ3n) is 3.59. The van der Waals surface area contributed by atoms with Crippen LogP contribution in [0.1, 0.15) is 25.5 Å². The number of nitrogens with zero attached hydrogens (tertiary/aromatic N) is 3. The Hall–Kier alpha value is -1.86. The van der Waals surface area contributed by atoms with Crippen molar-refractivity contribution in [3.8, 4) is 0 Å². The normalized spacial score (nSPS) is 12.3. The molecule has 0 radical (unpaired) electrons. The highest BCUT2D eigenvalue weighted by Crippen LogP contribution is 2.22. The molecule has 1 unspecified atom stereocenters. The first kappa shape index (κ1) is 18.5. The van der Waals surface area contributed by atoms with E-state index < -0.39 is 0 Å². The molecular weight excluding hydrogens is 324 g/mol. The number of aromatic nitrogens is 3. The second kappa shape index (κ2) is 9.44. The van der Waals surface area contributed by atoms with Crippen molar-refractivity contribution in [2.24, 2.45) is 5.92 Å². The van der Waals surface area contributed by atoms with Crippen molar-refractivity contribution < 1.29 is 9.53 Å². The van der Waals surface area contributed by atoms with Crippen LogP contribution in [0.15, 0.2) is 41.8 Å². The standard InChI is InChI=1S/C17H24N4O2S/c1-13(2)16(14-7-5-4-6-8-14)19-15(22)11-24-17-20-18-12-21(17)9-10-23-3/h4-8,12-13,16H,9-11H2,1-3H3,(H,19,22). The molecule has 0 bridgehead atoms. The average molecular weight is 348 g/mol. The highest BCUT2D eigenvalue weighted by Gasteiger charge is 2.18. The smallest absolute Gasteiger partial charge is 0.230 e. The maximum Gasteiger partial charge on any atom is 0.230 e. The summed E-state index contributed by atoms with van der Waals surface area (Å²) >= 11 is 1.38. The van der Waals surface area contributed by atoms with Crippen LogP contribution in [0.25, 0.3) is 0 Å². The van der Waals surface area contributed by atoms with E-state index in [1.54, 1.807) is 13.4 Å². The highest BCUT2D eigenvalue weighted by atomic mass is 32.2. The Balaban J connectivity index is 1.91. The van der Waals surface area contributed by atoms with Gasteiger partial charge in [-0.3, -0.25) is 4.79 Å². The Morgan fingerprint density at radius 3 is 2.75 bits per heavy atom. The van der Waals surface area contributed by atoms with Gasteiger partial charge in [-0.15, -0.1) is 10.2 Å². The van der Waals surface area contributed by atoms with Gasteiger partial charge >= 0.3 is 0 Å². The molecule has 1 N–H and O–H groups in total. The van der Waals surface area contributed by atoms with E-state index in [9.17, 15) is 4.79 Å². The number of rotatable bonds is 9. The van der Waals surface area contributed by atoms with Gasteiger partial charge in [-0.25, -0.2) is 0 Å². The minimum Gasteiger partial charge on any atom is -0.383 e. The Kier molecular flexibility index (Phi) is 7.27. The Morgan fingerprint density at radius 2 is 2.08 bits per heavy atom. The molecule has 0 aliphatic rings. The monoisotopic (exact) mass is 348 g/mol. The molecule has 0 aliphatic carbocycles. The molecule has 1 aromatic carbocycles. The molecule has 24 heavy (non-hydrogen) atoms. The van der Waals surface area contributed by atoms with E-state index in [1.165, 1.54) is 11.8 Å². The molecule has 2 aromatic rings. The van der Waals surface area contributed by atoms with Crippen molar-refractivity contribution in [2.45, 2.75) is 31.6 Å². The van der Waals surface area contributed by atoms with Gasteiger partial charge in [0.25, 0.3) is 0 Å². The van der Waals surface area contributed by atoms with Gasteiger partial charge in [-0.1, -0.05) is 55.9 Å². The SMILES string of the molecule is COCCn1cnnc1SCC(=O)NC(c1ccccc1)C(C)C. The summed E-state index contributed by atoms with van der Waals surface area (Å²) in [6.07, 6.45) is 1.65. The van der Waals surface area contributed by atoms with Crippen molar-refractivity contribution >= 4 is 17.7 Å². The predicted molar refractivity (Wildman–Crippen MR) is 94.8 cm³/mol. The maximum atomic E-state index is 12.3. The fraction of sp³-hybridized carbons (Fsp3) is 0.471. The molecule has 6 nitrogen and oxygen atoms in total. The summed E-state index contributed by atoms with van der Waals surface area (Å²) in [7, 11) is 1.65. The number of hydrogen-bond donors (Lipinski definition) is 1. The molecule has 7 heteroatoms. The van der Waals surface area contributed by atoms with Crippen molar-refractivity contribution in [2.75, 3.05) is 19.5 Å². The summed E-state index contributed by atoms with van der Waals surface area (Å²) in [6.45, 7) is 5.46. The van der Waals surface area contributed by atoms with Gasteiger partial charge < -0.3 is 14.6 Å². The van der Waals surface area contributed by atoms with E-state index in [0.29, 0.717) is 24.8 Å². The van der Waals surface area contributed by atoms with Gasteiger partial charge in [-0.2, -0.15) is 0 Å². The maximum absolute atomic E-state index is 12.3. The van der Waals surface area contributed by atoms with E-state index in [-0.39, 0.29) is 11.9 Å². The van der Waals surface area contributed by atoms with Crippen molar-refractivity contribution in [3.63, 3.8) is 0 Å². The summed E-state index contributed by atoms with van der Waals surface area (Å²) in [4.78, 5) is 12.3. The van der Waals surface area contributed by atoms with Gasteiger partial charge in [0.05, 0.1) is 18.4 Å². The predicted octanol–water partition coefficient (Wildman–Crippen LogP) is 2.53. The molecule has 0 spiro atoms. The third kappa shape index (κ3) is 5.35. The number of carbonyl (C=O) groups excluding carboxylic acids is 1. The second-order valence-corrected chi connectivity index (χ2v) is 6.73. The third-order valence-corrected chi connectivity index (χ3v) is 4.57. The molecular formula is C17H24N4O2S. The lowest BCUT2D eigenvalue weighted by Crippen LogP contribution is -2.33. The Morgan fingerprint density at radius 1 is 1.33 bits per heavy atom. The van der Waals surface area contributed by atoms with Crippen LogP contribution in [0.2, 0.25) is 0 Å². The first-order valence-corrected chi connectivity index (χ1v) is 8.94. The fourth-order valence-electron chi connectivity index (χ4n) is 2.34. The van der Waals surface area contributed by atoms with Crippen molar-refractivity contribution in [1.29, 1.82) is 0 Å². The Bertz CT molecular complexity index is 631. The van der Waals surface area contributed by atoms with E-state index in [0.717, 1.165) is 10.7 Å². The molecule has 1 heterocycles. The summed E-state index contributed by atoms with van der Waals surface area (Å²) in [5, 5.41) is 11.8. The molecule has 130 valence electrons. The topological polar surface area (TPSA) is 69.0 Å². The highest BCUT2D eigenvalue weighted by molar-refractivity contribution is 7.99. The van der Waals surface area contributed by atoms with Gasteiger partial charge in [0.1, 0.15) is 6.33 Å². The van der Waals surface area contributed by atoms with Crippen LogP contribution in [0.4, 0.5) is 0 Å². The van der Waals surface area contributed by atoms with Gasteiger partial charge in [0.2, 0.25) is 5.91 Å². The van der Waals surface area contributed by atoms with Crippen LogP contribution >= 0.6 is 11.8 Å². The zero-order chi connectivity index (χ0) is 17.4. The summed E-state index contributed by atoms with van der Waals surface area (Å²) < 4.78 is 6.95. The zero-order valence-electron chi connectivity index (χ0n) is 14.3. The van der Waals surface area contributed by atoms with Crippen molar-refractivity contribution in [3.05, 3.63) is 42.2 Å². The van der Waals surface area contributed by atoms with Crippen LogP contribution in [0.5, 0.6) is 0 Å². The summed E-state index contributed by atoms with van der Waals surface area (Å²) in [5.74, 6) is 0.609. The molecule has 0 fully saturated rings. The lowest BCUT2D eigenvalue weighted by Gasteiger charge is -2.22. The van der Waals surface area contributed by atoms with Gasteiger partial charge in [0, 0.05) is 13.7 Å². The van der Waals surface area contributed by atoms with Crippen LogP contribution in [0, 0.1) is 5.92 Å². The molecule has 1 amide bonds. The molecule has 2 rings (SSSR count). The van der Waals surface area contributed by atoms with Crippen LogP contribution in [0.3, 0.4) is 0 Å². The summed E-state index contributed by atoms with van der Waals surface area (Å²) in [5.41, 5.74) is 1.12. The fourth-order valence-corrected chi connectivity index (χ4v) is 3.09. The molecule has 0 saturated carbocycles. The van der Waals surface area contributed by atoms with E-state index in [2.05, 4.69) is 29.4 Å². The molecule has 0 saturated heterocycles. The van der Waals surface area contributed by atoms with E-state index in [1.807, 2.05) is 34.9 Å². The average Bonchev–Trinajstić information content (AvgIpc) is 3.04. The molecule has 1 atom stereocenters. The zero-order valence-corrected chi connectivity index (χ0v) is 15.1. The van der Waals surface area contributed by atoms with Crippen LogP contribution < -0.4 is 5.32 Å². The van der Waals surface area contributed by atoms with Crippen molar-refractivity contribution in [1.82, 2.24) is 20.1 Å². The van der Waals surface area contributed by atoms with E-state index >= 15 is 0 Å². The first-order chi connectivity index (χ1) is 11.6. The number of methoxy groups -OCH3 is 1. The van der Waals surface area contributed by atoms with E-state index in [4.69, 9.17) is 4.74 Å². The summed E-state index contributed by atoms with van der Waals surface area (Å²) in [6, 6.07) is 10.0. The Labute approximate surface area is 147 Å². The number of nitrogens with one attached hydrogen (secondary N) is 1. The molecule has 1 aromatic heterocycles. The number of thioether (sulfide) groups is 1. The quantitative estimate of drug-likeness (QED) is 0.705. The van der Waals surface area contributed by atoms with Crippen LogP contribution in [-0.4, -0.2) is 40.1 Å². The van der Waals surface area contributed by atoms with Crippen LogP contribution in [-0.2, 0) is 16.1 Å². The lowest BCUT2D eigenvalue weighted by molar-refractivity contribution is -0.119. The van der Waals surface area contributed by atoms with Gasteiger partial charge in [0.15, 0.2) is 5.16 Å². The minimum absolute atomic E-state index is 0.00524. The number of ether oxygens (including phenoxy) is 1. The largest absolute Gasteiger partial charge is 0.383 e.